The van der Waals surface area contributed by atoms with E-state index in [9.17, 15) is 24.0 Å². The maximum Gasteiger partial charge on any atom is 0.328 e. The molecule has 0 spiro atoms. The molecular formula is C19H35N5O8. The molecule has 0 rings (SSSR count). The summed E-state index contributed by atoms with van der Waals surface area (Å²) >= 11 is 0. The van der Waals surface area contributed by atoms with E-state index in [1.54, 1.807) is 13.8 Å². The van der Waals surface area contributed by atoms with Crippen molar-refractivity contribution in [1.82, 2.24) is 16.0 Å². The summed E-state index contributed by atoms with van der Waals surface area (Å²) in [6, 6.07) is -4.87. The number of carbonyl (C=O) groups excluding carboxylic acids is 3. The Hall–Kier alpha value is -2.77. The SMILES string of the molecule is CC(C)C(NC(=O)C(N)CCC(=O)O)C(=O)NC(CCCCN)C(=O)NC(CO)C(=O)O. The lowest BCUT2D eigenvalue weighted by atomic mass is 10.0. The number of nitrogens with one attached hydrogen (secondary N) is 3. The highest BCUT2D eigenvalue weighted by Gasteiger charge is 2.31. The average molecular weight is 462 g/mol. The maximum atomic E-state index is 12.8. The molecule has 10 N–H and O–H groups in total. The van der Waals surface area contributed by atoms with Crippen molar-refractivity contribution in [3.63, 3.8) is 0 Å². The number of amides is 3. The van der Waals surface area contributed by atoms with Crippen LogP contribution in [-0.4, -0.2) is 82.3 Å². The van der Waals surface area contributed by atoms with Crippen molar-refractivity contribution in [3.8, 4) is 0 Å². The third-order valence-corrected chi connectivity index (χ3v) is 4.63. The molecule has 0 bridgehead atoms. The van der Waals surface area contributed by atoms with Crippen LogP contribution in [0.3, 0.4) is 0 Å². The Bertz CT molecular complexity index is 658. The van der Waals surface area contributed by atoms with Crippen molar-refractivity contribution < 1.29 is 39.3 Å². The van der Waals surface area contributed by atoms with Crippen molar-refractivity contribution in [2.75, 3.05) is 13.2 Å². The van der Waals surface area contributed by atoms with Gasteiger partial charge in [0.1, 0.15) is 18.1 Å². The van der Waals surface area contributed by atoms with Gasteiger partial charge in [-0.25, -0.2) is 4.79 Å². The van der Waals surface area contributed by atoms with Gasteiger partial charge in [-0.05, 0) is 38.1 Å². The molecule has 4 unspecified atom stereocenters. The number of carbonyl (C=O) groups is 5. The van der Waals surface area contributed by atoms with Crippen LogP contribution in [-0.2, 0) is 24.0 Å². The molecule has 0 saturated heterocycles. The first-order valence-electron chi connectivity index (χ1n) is 10.4. The Kier molecular flexibility index (Phi) is 13.8. The molecular weight excluding hydrogens is 426 g/mol. The highest BCUT2D eigenvalue weighted by atomic mass is 16.4. The molecule has 4 atom stereocenters. The number of aliphatic hydroxyl groups is 1. The van der Waals surface area contributed by atoms with E-state index in [0.29, 0.717) is 19.4 Å². The van der Waals surface area contributed by atoms with Crippen LogP contribution >= 0.6 is 0 Å². The minimum Gasteiger partial charge on any atom is -0.481 e. The Balaban J connectivity index is 5.30. The van der Waals surface area contributed by atoms with Crippen LogP contribution in [0.2, 0.25) is 0 Å². The zero-order valence-corrected chi connectivity index (χ0v) is 18.4. The fraction of sp³-hybridized carbons (Fsp3) is 0.737. The molecule has 0 heterocycles. The second kappa shape index (κ2) is 15.1. The predicted octanol–water partition coefficient (Wildman–Crippen LogP) is -2.51. The smallest absolute Gasteiger partial charge is 0.328 e. The second-order valence-corrected chi connectivity index (χ2v) is 7.70. The van der Waals surface area contributed by atoms with E-state index in [0.717, 1.165) is 0 Å². The van der Waals surface area contributed by atoms with Crippen LogP contribution in [0.25, 0.3) is 0 Å². The fourth-order valence-corrected chi connectivity index (χ4v) is 2.69. The van der Waals surface area contributed by atoms with Gasteiger partial charge in [0.2, 0.25) is 17.7 Å². The Morgan fingerprint density at radius 3 is 1.91 bits per heavy atom. The molecule has 184 valence electrons. The Morgan fingerprint density at radius 1 is 0.844 bits per heavy atom. The molecule has 0 aliphatic carbocycles. The fourth-order valence-electron chi connectivity index (χ4n) is 2.69. The summed E-state index contributed by atoms with van der Waals surface area (Å²) in [6.45, 7) is 2.84. The number of carboxylic acids is 2. The van der Waals surface area contributed by atoms with Crippen LogP contribution in [0.4, 0.5) is 0 Å². The molecule has 0 aliphatic heterocycles. The molecule has 3 amide bonds. The van der Waals surface area contributed by atoms with Crippen LogP contribution < -0.4 is 27.4 Å². The topological polar surface area (TPSA) is 234 Å². The molecule has 0 aromatic rings. The molecule has 13 heteroatoms. The summed E-state index contributed by atoms with van der Waals surface area (Å²) in [5, 5.41) is 34.0. The van der Waals surface area contributed by atoms with E-state index in [-0.39, 0.29) is 19.3 Å². The summed E-state index contributed by atoms with van der Waals surface area (Å²) in [5.41, 5.74) is 11.1. The largest absolute Gasteiger partial charge is 0.481 e. The molecule has 0 aromatic carbocycles. The lowest BCUT2D eigenvalue weighted by Crippen LogP contribution is -2.58. The number of unbranched alkanes of at least 4 members (excludes halogenated alkanes) is 1. The van der Waals surface area contributed by atoms with Crippen molar-refractivity contribution in [2.45, 2.75) is 70.1 Å². The van der Waals surface area contributed by atoms with Gasteiger partial charge in [-0.2, -0.15) is 0 Å². The zero-order valence-electron chi connectivity index (χ0n) is 18.4. The van der Waals surface area contributed by atoms with Crippen LogP contribution in [0.15, 0.2) is 0 Å². The first-order chi connectivity index (χ1) is 14.9. The number of aliphatic hydroxyl groups excluding tert-OH is 1. The quantitative estimate of drug-likeness (QED) is 0.112. The van der Waals surface area contributed by atoms with Gasteiger partial charge in [0.05, 0.1) is 12.6 Å². The maximum absolute atomic E-state index is 12.8. The normalized spacial score (nSPS) is 14.7. The van der Waals surface area contributed by atoms with Gasteiger partial charge in [-0.15, -0.1) is 0 Å². The Labute approximate surface area is 186 Å². The van der Waals surface area contributed by atoms with Crippen LogP contribution in [0.5, 0.6) is 0 Å². The van der Waals surface area contributed by atoms with Crippen molar-refractivity contribution in [1.29, 1.82) is 0 Å². The minimum atomic E-state index is -1.54. The molecule has 0 aromatic heterocycles. The number of nitrogens with two attached hydrogens (primary N) is 2. The highest BCUT2D eigenvalue weighted by Crippen LogP contribution is 2.07. The summed E-state index contributed by atoms with van der Waals surface area (Å²) < 4.78 is 0. The van der Waals surface area contributed by atoms with Gasteiger partial charge in [-0.3, -0.25) is 19.2 Å². The lowest BCUT2D eigenvalue weighted by molar-refractivity contribution is -0.143. The van der Waals surface area contributed by atoms with Gasteiger partial charge in [0.25, 0.3) is 0 Å². The van der Waals surface area contributed by atoms with Gasteiger partial charge in [0.15, 0.2) is 0 Å². The lowest BCUT2D eigenvalue weighted by Gasteiger charge is -2.26. The number of hydrogen-bond acceptors (Lipinski definition) is 8. The molecule has 13 nitrogen and oxygen atoms in total. The molecule has 0 radical (unpaired) electrons. The first kappa shape index (κ1) is 29.2. The molecule has 0 fully saturated rings. The number of carboxylic acid groups (broad SMARTS) is 2. The predicted molar refractivity (Wildman–Crippen MR) is 113 cm³/mol. The summed E-state index contributed by atoms with van der Waals surface area (Å²) in [7, 11) is 0. The van der Waals surface area contributed by atoms with Crippen molar-refractivity contribution in [2.24, 2.45) is 17.4 Å². The number of rotatable bonds is 16. The van der Waals surface area contributed by atoms with E-state index in [4.69, 9.17) is 26.8 Å². The van der Waals surface area contributed by atoms with Gasteiger partial charge >= 0.3 is 11.9 Å². The van der Waals surface area contributed by atoms with Gasteiger partial charge in [0, 0.05) is 6.42 Å². The van der Waals surface area contributed by atoms with E-state index in [1.165, 1.54) is 0 Å². The summed E-state index contributed by atoms with van der Waals surface area (Å²) in [5.74, 6) is -5.15. The van der Waals surface area contributed by atoms with Crippen LogP contribution in [0, 0.1) is 5.92 Å². The Morgan fingerprint density at radius 2 is 1.44 bits per heavy atom. The standard InChI is InChI=1S/C19H35N5O8/c1-10(2)15(24-16(28)11(21)6-7-14(26)27)18(30)22-12(5-3-4-8-20)17(29)23-13(9-25)19(31)32/h10-13,15,25H,3-9,20-21H2,1-2H3,(H,22,30)(H,23,29)(H,24,28)(H,26,27)(H,31,32). The zero-order chi connectivity index (χ0) is 24.8. The van der Waals surface area contributed by atoms with E-state index in [1.807, 2.05) is 0 Å². The minimum absolute atomic E-state index is 0.116. The third-order valence-electron chi connectivity index (χ3n) is 4.63. The summed E-state index contributed by atoms with van der Waals surface area (Å²) in [6.07, 6.45) is 0.750. The van der Waals surface area contributed by atoms with E-state index < -0.39 is 66.4 Å². The second-order valence-electron chi connectivity index (χ2n) is 7.70. The molecule has 0 saturated carbocycles. The average Bonchev–Trinajstić information content (AvgIpc) is 2.72. The van der Waals surface area contributed by atoms with Gasteiger partial charge in [-0.1, -0.05) is 13.8 Å². The monoisotopic (exact) mass is 461 g/mol. The molecule has 32 heavy (non-hydrogen) atoms. The number of hydrogen-bond donors (Lipinski definition) is 8. The van der Waals surface area contributed by atoms with Crippen molar-refractivity contribution in [3.05, 3.63) is 0 Å². The number of aliphatic carboxylic acids is 2. The van der Waals surface area contributed by atoms with E-state index >= 15 is 0 Å². The molecule has 0 aliphatic rings. The van der Waals surface area contributed by atoms with Crippen LogP contribution in [0.1, 0.15) is 46.0 Å². The highest BCUT2D eigenvalue weighted by molar-refractivity contribution is 5.94. The van der Waals surface area contributed by atoms with E-state index in [2.05, 4.69) is 16.0 Å². The van der Waals surface area contributed by atoms with Crippen molar-refractivity contribution >= 4 is 29.7 Å². The summed E-state index contributed by atoms with van der Waals surface area (Å²) in [4.78, 5) is 59.3. The first-order valence-corrected chi connectivity index (χ1v) is 10.4. The van der Waals surface area contributed by atoms with Gasteiger partial charge < -0.3 is 42.7 Å². The third kappa shape index (κ3) is 11.0.